The summed E-state index contributed by atoms with van der Waals surface area (Å²) >= 11 is 0. The van der Waals surface area contributed by atoms with Crippen molar-refractivity contribution < 1.29 is 32.6 Å². The molecule has 0 aliphatic carbocycles. The molecule has 0 aromatic rings. The van der Waals surface area contributed by atoms with Gasteiger partial charge < -0.3 is 20.1 Å². The smallest absolute Gasteiger partial charge is 0.406 e. The van der Waals surface area contributed by atoms with Gasteiger partial charge in [-0.05, 0) is 19.3 Å². The average molecular weight is 298 g/mol. The van der Waals surface area contributed by atoms with Crippen LogP contribution in [0.15, 0.2) is 0 Å². The van der Waals surface area contributed by atoms with Crippen LogP contribution in [-0.4, -0.2) is 60.5 Å². The number of rotatable bonds is 5. The summed E-state index contributed by atoms with van der Waals surface area (Å²) in [5.41, 5.74) is 0. The number of nitrogens with zero attached hydrogens (tertiary/aromatic N) is 1. The van der Waals surface area contributed by atoms with Gasteiger partial charge in [-0.15, -0.1) is 0 Å². The standard InChI is InChI=1S/C11H17F3N2O4/c12-11(13,14)7-16(6-9(17)18)10(19)15-5-8-3-1-2-4-20-8/h8H,1-7H2,(H,15,19)(H,17,18). The first-order valence-electron chi connectivity index (χ1n) is 6.21. The summed E-state index contributed by atoms with van der Waals surface area (Å²) in [6.45, 7) is -1.97. The molecule has 2 N–H and O–H groups in total. The van der Waals surface area contributed by atoms with Crippen molar-refractivity contribution in [2.45, 2.75) is 31.5 Å². The fourth-order valence-electron chi connectivity index (χ4n) is 1.86. The predicted molar refractivity (Wildman–Crippen MR) is 62.3 cm³/mol. The van der Waals surface area contributed by atoms with Crippen LogP contribution in [0.1, 0.15) is 19.3 Å². The maximum atomic E-state index is 12.3. The highest BCUT2D eigenvalue weighted by atomic mass is 19.4. The van der Waals surface area contributed by atoms with Gasteiger partial charge in [-0.2, -0.15) is 13.2 Å². The second kappa shape index (κ2) is 7.32. The first kappa shape index (κ1) is 16.5. The van der Waals surface area contributed by atoms with Gasteiger partial charge in [0.2, 0.25) is 0 Å². The number of carbonyl (C=O) groups is 2. The van der Waals surface area contributed by atoms with Crippen LogP contribution in [0.2, 0.25) is 0 Å². The maximum Gasteiger partial charge on any atom is 0.406 e. The lowest BCUT2D eigenvalue weighted by molar-refractivity contribution is -0.149. The summed E-state index contributed by atoms with van der Waals surface area (Å²) in [7, 11) is 0. The molecule has 0 aromatic heterocycles. The second-order valence-corrected chi connectivity index (χ2v) is 4.54. The van der Waals surface area contributed by atoms with E-state index in [1.54, 1.807) is 0 Å². The molecule has 1 heterocycles. The van der Waals surface area contributed by atoms with E-state index in [4.69, 9.17) is 9.84 Å². The number of hydrogen-bond acceptors (Lipinski definition) is 3. The molecule has 0 spiro atoms. The van der Waals surface area contributed by atoms with Crippen LogP contribution < -0.4 is 5.32 Å². The minimum Gasteiger partial charge on any atom is -0.480 e. The zero-order valence-corrected chi connectivity index (χ0v) is 10.8. The number of carboxylic acids is 1. The van der Waals surface area contributed by atoms with Gasteiger partial charge in [0.25, 0.3) is 0 Å². The van der Waals surface area contributed by atoms with Gasteiger partial charge in [0.05, 0.1) is 6.10 Å². The van der Waals surface area contributed by atoms with E-state index in [2.05, 4.69) is 5.32 Å². The topological polar surface area (TPSA) is 78.9 Å². The Kier molecular flexibility index (Phi) is 6.05. The van der Waals surface area contributed by atoms with Crippen molar-refractivity contribution in [2.24, 2.45) is 0 Å². The van der Waals surface area contributed by atoms with E-state index in [0.29, 0.717) is 6.61 Å². The Balaban J connectivity index is 2.47. The third kappa shape index (κ3) is 6.60. The van der Waals surface area contributed by atoms with Crippen molar-refractivity contribution in [3.63, 3.8) is 0 Å². The number of nitrogens with one attached hydrogen (secondary N) is 1. The summed E-state index contributed by atoms with van der Waals surface area (Å²) < 4.78 is 42.1. The largest absolute Gasteiger partial charge is 0.480 e. The Labute approximate surface area is 113 Å². The highest BCUT2D eigenvalue weighted by molar-refractivity contribution is 5.80. The van der Waals surface area contributed by atoms with Crippen LogP contribution in [0.4, 0.5) is 18.0 Å². The molecule has 1 aliphatic rings. The summed E-state index contributed by atoms with van der Waals surface area (Å²) in [6.07, 6.45) is -2.30. The van der Waals surface area contributed by atoms with Gasteiger partial charge in [0.1, 0.15) is 13.1 Å². The van der Waals surface area contributed by atoms with Crippen molar-refractivity contribution in [2.75, 3.05) is 26.2 Å². The Bertz CT molecular complexity index is 343. The van der Waals surface area contributed by atoms with Crippen LogP contribution in [0.25, 0.3) is 0 Å². The summed E-state index contributed by atoms with van der Waals surface area (Å²) in [4.78, 5) is 22.3. The van der Waals surface area contributed by atoms with Crippen molar-refractivity contribution in [3.05, 3.63) is 0 Å². The van der Waals surface area contributed by atoms with Gasteiger partial charge in [0.15, 0.2) is 0 Å². The van der Waals surface area contributed by atoms with Crippen LogP contribution in [0.5, 0.6) is 0 Å². The highest BCUT2D eigenvalue weighted by Crippen LogP contribution is 2.16. The molecule has 1 atom stereocenters. The average Bonchev–Trinajstić information content (AvgIpc) is 2.34. The molecule has 0 bridgehead atoms. The fraction of sp³-hybridized carbons (Fsp3) is 0.818. The van der Waals surface area contributed by atoms with Gasteiger partial charge in [-0.3, -0.25) is 4.79 Å². The summed E-state index contributed by atoms with van der Waals surface area (Å²) in [5, 5.41) is 10.8. The Hall–Kier alpha value is -1.51. The number of halogens is 3. The third-order valence-electron chi connectivity index (χ3n) is 2.74. The minimum atomic E-state index is -4.64. The fourth-order valence-corrected chi connectivity index (χ4v) is 1.86. The van der Waals surface area contributed by atoms with Gasteiger partial charge in [-0.25, -0.2) is 4.79 Å². The lowest BCUT2D eigenvalue weighted by Gasteiger charge is -2.26. The van der Waals surface area contributed by atoms with Gasteiger partial charge >= 0.3 is 18.2 Å². The molecule has 1 rings (SSSR count). The van der Waals surface area contributed by atoms with Crippen LogP contribution >= 0.6 is 0 Å². The van der Waals surface area contributed by atoms with Crippen LogP contribution in [-0.2, 0) is 9.53 Å². The molecule has 2 amide bonds. The number of amides is 2. The van der Waals surface area contributed by atoms with Crippen molar-refractivity contribution in [3.8, 4) is 0 Å². The number of hydrogen-bond donors (Lipinski definition) is 2. The molecule has 20 heavy (non-hydrogen) atoms. The molecule has 0 saturated carbocycles. The van der Waals surface area contributed by atoms with Gasteiger partial charge in [-0.1, -0.05) is 0 Å². The number of carbonyl (C=O) groups excluding carboxylic acids is 1. The lowest BCUT2D eigenvalue weighted by atomic mass is 10.1. The predicted octanol–water partition coefficient (Wildman–Crippen LogP) is 1.21. The molecule has 0 radical (unpaired) electrons. The SMILES string of the molecule is O=C(O)CN(CC(F)(F)F)C(=O)NCC1CCCCO1. The molecule has 1 saturated heterocycles. The van der Waals surface area contributed by atoms with E-state index in [1.165, 1.54) is 0 Å². The second-order valence-electron chi connectivity index (χ2n) is 4.54. The van der Waals surface area contributed by atoms with E-state index in [-0.39, 0.29) is 17.5 Å². The normalized spacial score (nSPS) is 19.4. The zero-order chi connectivity index (χ0) is 15.2. The molecule has 116 valence electrons. The number of aliphatic carboxylic acids is 1. The maximum absolute atomic E-state index is 12.3. The number of urea groups is 1. The van der Waals surface area contributed by atoms with Crippen molar-refractivity contribution in [1.29, 1.82) is 0 Å². The molecule has 1 aliphatic heterocycles. The number of ether oxygens (including phenoxy) is 1. The Morgan fingerprint density at radius 3 is 2.55 bits per heavy atom. The minimum absolute atomic E-state index is 0.0762. The molecule has 1 fully saturated rings. The first-order valence-corrected chi connectivity index (χ1v) is 6.21. The molecular formula is C11H17F3N2O4. The van der Waals surface area contributed by atoms with Crippen molar-refractivity contribution >= 4 is 12.0 Å². The molecule has 0 aromatic carbocycles. The number of carboxylic acid groups (broad SMARTS) is 1. The van der Waals surface area contributed by atoms with E-state index < -0.39 is 31.3 Å². The number of alkyl halides is 3. The quantitative estimate of drug-likeness (QED) is 0.800. The van der Waals surface area contributed by atoms with E-state index in [9.17, 15) is 22.8 Å². The summed E-state index contributed by atoms with van der Waals surface area (Å²) in [5.74, 6) is -1.50. The van der Waals surface area contributed by atoms with E-state index in [0.717, 1.165) is 19.3 Å². The van der Waals surface area contributed by atoms with Crippen LogP contribution in [0, 0.1) is 0 Å². The summed E-state index contributed by atoms with van der Waals surface area (Å²) in [6, 6.07) is -1.06. The Morgan fingerprint density at radius 1 is 1.35 bits per heavy atom. The highest BCUT2D eigenvalue weighted by Gasteiger charge is 2.34. The van der Waals surface area contributed by atoms with Crippen molar-refractivity contribution in [1.82, 2.24) is 10.2 Å². The van der Waals surface area contributed by atoms with Gasteiger partial charge in [0, 0.05) is 13.2 Å². The van der Waals surface area contributed by atoms with E-state index in [1.807, 2.05) is 0 Å². The zero-order valence-electron chi connectivity index (χ0n) is 10.8. The van der Waals surface area contributed by atoms with Crippen LogP contribution in [0.3, 0.4) is 0 Å². The lowest BCUT2D eigenvalue weighted by Crippen LogP contribution is -2.49. The molecular weight excluding hydrogens is 281 g/mol. The molecule has 1 unspecified atom stereocenters. The molecule has 6 nitrogen and oxygen atoms in total. The monoisotopic (exact) mass is 298 g/mol. The third-order valence-corrected chi connectivity index (χ3v) is 2.74. The first-order chi connectivity index (χ1) is 9.28. The van der Waals surface area contributed by atoms with E-state index >= 15 is 0 Å². The molecule has 9 heteroatoms. The Morgan fingerprint density at radius 2 is 2.05 bits per heavy atom.